The molecule has 2 atom stereocenters. The maximum atomic E-state index is 12.8. The highest BCUT2D eigenvalue weighted by Crippen LogP contribution is 2.25. The monoisotopic (exact) mass is 348 g/mol. The average Bonchev–Trinajstić information content (AvgIpc) is 2.52. The number of ketones is 2. The molecular formula is C21H32O4. The van der Waals surface area contributed by atoms with E-state index in [0.717, 1.165) is 25.7 Å². The van der Waals surface area contributed by atoms with Crippen LogP contribution < -0.4 is 0 Å². The van der Waals surface area contributed by atoms with Crippen LogP contribution in [0.15, 0.2) is 23.3 Å². The summed E-state index contributed by atoms with van der Waals surface area (Å²) < 4.78 is 4.77. The number of hydrogen-bond donors (Lipinski definition) is 0. The third kappa shape index (κ3) is 7.37. The topological polar surface area (TPSA) is 60.4 Å². The molecule has 0 saturated carbocycles. The van der Waals surface area contributed by atoms with Crippen molar-refractivity contribution in [2.75, 3.05) is 7.11 Å². The van der Waals surface area contributed by atoms with Crippen molar-refractivity contribution in [1.29, 1.82) is 0 Å². The van der Waals surface area contributed by atoms with Crippen LogP contribution in [0.5, 0.6) is 0 Å². The van der Waals surface area contributed by atoms with Crippen LogP contribution in [0.1, 0.15) is 66.2 Å². The van der Waals surface area contributed by atoms with E-state index in [1.54, 1.807) is 0 Å². The van der Waals surface area contributed by atoms with Crippen molar-refractivity contribution in [2.45, 2.75) is 66.2 Å². The van der Waals surface area contributed by atoms with Crippen molar-refractivity contribution in [1.82, 2.24) is 0 Å². The van der Waals surface area contributed by atoms with Gasteiger partial charge in [0.05, 0.1) is 7.11 Å². The Morgan fingerprint density at radius 1 is 1.24 bits per heavy atom. The van der Waals surface area contributed by atoms with Gasteiger partial charge in [0, 0.05) is 24.3 Å². The Morgan fingerprint density at radius 2 is 1.92 bits per heavy atom. The summed E-state index contributed by atoms with van der Waals surface area (Å²) in [6, 6.07) is 0. The summed E-state index contributed by atoms with van der Waals surface area (Å²) in [4.78, 5) is 37.0. The van der Waals surface area contributed by atoms with Gasteiger partial charge in [0.25, 0.3) is 0 Å². The van der Waals surface area contributed by atoms with E-state index < -0.39 is 5.97 Å². The zero-order valence-electron chi connectivity index (χ0n) is 16.3. The van der Waals surface area contributed by atoms with Crippen molar-refractivity contribution in [3.8, 4) is 0 Å². The number of carbonyl (C=O) groups excluding carboxylic acids is 3. The van der Waals surface area contributed by atoms with Crippen LogP contribution in [-0.2, 0) is 19.1 Å². The molecule has 0 aromatic rings. The normalized spacial score (nSPS) is 28.6. The molecule has 0 aliphatic heterocycles. The predicted octanol–water partition coefficient (Wildman–Crippen LogP) is 4.43. The molecule has 0 N–H and O–H groups in total. The van der Waals surface area contributed by atoms with Gasteiger partial charge in [0.1, 0.15) is 5.78 Å². The highest BCUT2D eigenvalue weighted by molar-refractivity contribution is 6.03. The first-order valence-electron chi connectivity index (χ1n) is 9.24. The Balaban J connectivity index is 3.11. The average molecular weight is 348 g/mol. The van der Waals surface area contributed by atoms with Gasteiger partial charge in [-0.3, -0.25) is 9.59 Å². The molecule has 0 radical (unpaired) electrons. The van der Waals surface area contributed by atoms with E-state index in [4.69, 9.17) is 4.74 Å². The molecule has 25 heavy (non-hydrogen) atoms. The Labute approximate surface area is 151 Å². The predicted molar refractivity (Wildman–Crippen MR) is 99.1 cm³/mol. The number of esters is 1. The minimum Gasteiger partial charge on any atom is -0.466 e. The van der Waals surface area contributed by atoms with Crippen LogP contribution in [0, 0.1) is 17.8 Å². The van der Waals surface area contributed by atoms with Crippen LogP contribution in [0.25, 0.3) is 0 Å². The van der Waals surface area contributed by atoms with E-state index in [2.05, 4.69) is 13.0 Å². The molecule has 0 saturated heterocycles. The lowest BCUT2D eigenvalue weighted by Crippen LogP contribution is -2.23. The second kappa shape index (κ2) is 10.3. The molecule has 4 nitrogen and oxygen atoms in total. The van der Waals surface area contributed by atoms with Crippen LogP contribution in [-0.4, -0.2) is 24.6 Å². The van der Waals surface area contributed by atoms with Gasteiger partial charge in [-0.15, -0.1) is 0 Å². The van der Waals surface area contributed by atoms with E-state index >= 15 is 0 Å². The Kier molecular flexibility index (Phi) is 8.81. The van der Waals surface area contributed by atoms with Crippen LogP contribution in [0.3, 0.4) is 0 Å². The first kappa shape index (κ1) is 21.3. The first-order chi connectivity index (χ1) is 11.7. The lowest BCUT2D eigenvalue weighted by Gasteiger charge is -2.20. The quantitative estimate of drug-likeness (QED) is 0.547. The molecule has 0 spiro atoms. The van der Waals surface area contributed by atoms with E-state index in [1.807, 2.05) is 20.8 Å². The van der Waals surface area contributed by atoms with Crippen LogP contribution in [0.4, 0.5) is 0 Å². The van der Waals surface area contributed by atoms with Crippen molar-refractivity contribution in [3.63, 3.8) is 0 Å². The van der Waals surface area contributed by atoms with E-state index in [0.29, 0.717) is 6.42 Å². The standard InChI is InChI=1S/C21H32O4/c1-14(2)19-10-9-15(3)7-6-8-16(4)11-18(22)12-17(13-20(19)23)21(24)25-5/h7,12,14,16,19H,6,8-11,13H2,1-5H3/b15-7+,17-12+/t16-,19-/m0/s1. The molecule has 1 aliphatic rings. The fourth-order valence-electron chi connectivity index (χ4n) is 3.30. The van der Waals surface area contributed by atoms with Crippen molar-refractivity contribution < 1.29 is 19.1 Å². The summed E-state index contributed by atoms with van der Waals surface area (Å²) in [5.41, 5.74) is 1.47. The Hall–Kier alpha value is -1.71. The maximum Gasteiger partial charge on any atom is 0.334 e. The molecule has 0 aromatic carbocycles. The number of carbonyl (C=O) groups is 3. The summed E-state index contributed by atoms with van der Waals surface area (Å²) in [6.07, 6.45) is 7.45. The Bertz CT molecular complexity index is 554. The number of Topliss-reactive ketones (excluding diaryl/α,β-unsaturated/α-hetero) is 1. The second-order valence-corrected chi connectivity index (χ2v) is 7.60. The van der Waals surface area contributed by atoms with Gasteiger partial charge in [-0.25, -0.2) is 4.79 Å². The molecule has 1 aliphatic carbocycles. The van der Waals surface area contributed by atoms with Gasteiger partial charge in [-0.2, -0.15) is 0 Å². The molecule has 0 fully saturated rings. The molecule has 0 aromatic heterocycles. The second-order valence-electron chi connectivity index (χ2n) is 7.60. The molecule has 4 heteroatoms. The van der Waals surface area contributed by atoms with Crippen molar-refractivity contribution in [2.24, 2.45) is 17.8 Å². The summed E-state index contributed by atoms with van der Waals surface area (Å²) in [5, 5.41) is 0. The van der Waals surface area contributed by atoms with Gasteiger partial charge in [0.2, 0.25) is 0 Å². The molecule has 0 bridgehead atoms. The summed E-state index contributed by atoms with van der Waals surface area (Å²) >= 11 is 0. The highest BCUT2D eigenvalue weighted by atomic mass is 16.5. The fourth-order valence-corrected chi connectivity index (χ4v) is 3.30. The van der Waals surface area contributed by atoms with Gasteiger partial charge in [0.15, 0.2) is 5.78 Å². The van der Waals surface area contributed by atoms with E-state index in [1.165, 1.54) is 18.8 Å². The van der Waals surface area contributed by atoms with Crippen molar-refractivity contribution in [3.05, 3.63) is 23.3 Å². The summed E-state index contributed by atoms with van der Waals surface area (Å²) in [7, 11) is 1.28. The number of rotatable bonds is 2. The smallest absolute Gasteiger partial charge is 0.334 e. The van der Waals surface area contributed by atoms with E-state index in [9.17, 15) is 14.4 Å². The molecule has 0 unspecified atom stereocenters. The molecule has 0 heterocycles. The first-order valence-corrected chi connectivity index (χ1v) is 9.24. The van der Waals surface area contributed by atoms with Crippen LogP contribution >= 0.6 is 0 Å². The third-order valence-corrected chi connectivity index (χ3v) is 4.92. The maximum absolute atomic E-state index is 12.8. The van der Waals surface area contributed by atoms with Crippen molar-refractivity contribution >= 4 is 17.5 Å². The SMILES string of the molecule is COC(=O)/C1=C/C(=O)C[C@@H](C)CC/C=C(\C)CC[C@@H](C(C)C)C(=O)C1. The fraction of sp³-hybridized carbons (Fsp3) is 0.667. The molecule has 140 valence electrons. The number of hydrogen-bond acceptors (Lipinski definition) is 4. The number of allylic oxidation sites excluding steroid dienone is 3. The van der Waals surface area contributed by atoms with E-state index in [-0.39, 0.29) is 41.3 Å². The Morgan fingerprint density at radius 3 is 2.52 bits per heavy atom. The number of ether oxygens (including phenoxy) is 1. The van der Waals surface area contributed by atoms with Gasteiger partial charge in [-0.05, 0) is 50.5 Å². The van der Waals surface area contributed by atoms with Gasteiger partial charge >= 0.3 is 5.97 Å². The zero-order chi connectivity index (χ0) is 19.0. The number of methoxy groups -OCH3 is 1. The molecule has 1 rings (SSSR count). The summed E-state index contributed by atoms with van der Waals surface area (Å²) in [5.74, 6) is -0.359. The zero-order valence-corrected chi connectivity index (χ0v) is 16.3. The third-order valence-electron chi connectivity index (χ3n) is 4.92. The van der Waals surface area contributed by atoms with Gasteiger partial charge in [-0.1, -0.05) is 32.4 Å². The molecule has 0 amide bonds. The van der Waals surface area contributed by atoms with Crippen LogP contribution in [0.2, 0.25) is 0 Å². The lowest BCUT2D eigenvalue weighted by molar-refractivity contribution is -0.137. The lowest BCUT2D eigenvalue weighted by atomic mass is 9.83. The minimum atomic E-state index is -0.583. The minimum absolute atomic E-state index is 0.0114. The van der Waals surface area contributed by atoms with Gasteiger partial charge < -0.3 is 4.74 Å². The molecular weight excluding hydrogens is 316 g/mol. The largest absolute Gasteiger partial charge is 0.466 e. The summed E-state index contributed by atoms with van der Waals surface area (Å²) in [6.45, 7) is 8.19. The highest BCUT2D eigenvalue weighted by Gasteiger charge is 2.25.